The van der Waals surface area contributed by atoms with Gasteiger partial charge in [0.1, 0.15) is 0 Å². The second kappa shape index (κ2) is 10.3. The number of hydrogen-bond donors (Lipinski definition) is 0. The van der Waals surface area contributed by atoms with Crippen LogP contribution in [-0.2, 0) is 24.3 Å². The third-order valence-corrected chi connectivity index (χ3v) is 9.30. The molecule has 1 saturated heterocycles. The number of ether oxygens (including phenoxy) is 1. The standard InChI is InChI=1S/C27H29NO4S2/c1-32-26(29)19-24-18-25(20-28(24)34(2,30)31)33-27(21-12-6-3-7-13-21,22-14-8-4-9-15-22)23-16-10-5-11-17-23/h3-17,24-25H,18-20H2,1-2H3/t24-,25+/m0/s1. The van der Waals surface area contributed by atoms with Crippen LogP contribution < -0.4 is 0 Å². The number of rotatable bonds is 8. The van der Waals surface area contributed by atoms with E-state index in [4.69, 9.17) is 4.74 Å². The first kappa shape index (κ1) is 24.5. The summed E-state index contributed by atoms with van der Waals surface area (Å²) < 4.78 is 31.0. The molecule has 3 aromatic rings. The topological polar surface area (TPSA) is 63.7 Å². The Labute approximate surface area is 206 Å². The van der Waals surface area contributed by atoms with Crippen molar-refractivity contribution in [2.75, 3.05) is 19.9 Å². The summed E-state index contributed by atoms with van der Waals surface area (Å²) in [5.41, 5.74) is 3.37. The lowest BCUT2D eigenvalue weighted by molar-refractivity contribution is -0.141. The third-order valence-electron chi connectivity index (χ3n) is 6.27. The van der Waals surface area contributed by atoms with Gasteiger partial charge in [-0.1, -0.05) is 91.0 Å². The van der Waals surface area contributed by atoms with Gasteiger partial charge in [0, 0.05) is 17.8 Å². The fourth-order valence-electron chi connectivity index (χ4n) is 4.77. The smallest absolute Gasteiger partial charge is 0.307 e. The largest absolute Gasteiger partial charge is 0.469 e. The van der Waals surface area contributed by atoms with Crippen LogP contribution in [0.3, 0.4) is 0 Å². The molecule has 1 fully saturated rings. The zero-order valence-electron chi connectivity index (χ0n) is 19.3. The first-order chi connectivity index (χ1) is 16.3. The van der Waals surface area contributed by atoms with Gasteiger partial charge in [-0.2, -0.15) is 4.31 Å². The quantitative estimate of drug-likeness (QED) is 0.336. The minimum atomic E-state index is -3.48. The molecule has 0 aliphatic carbocycles. The fraction of sp³-hybridized carbons (Fsp3) is 0.296. The molecule has 0 amide bonds. The molecule has 1 aliphatic heterocycles. The lowest BCUT2D eigenvalue weighted by Crippen LogP contribution is -2.36. The number of benzene rings is 3. The molecule has 0 radical (unpaired) electrons. The average Bonchev–Trinajstić information content (AvgIpc) is 3.26. The zero-order chi connectivity index (χ0) is 24.2. The Hall–Kier alpha value is -2.61. The number of sulfonamides is 1. The van der Waals surface area contributed by atoms with E-state index in [0.29, 0.717) is 13.0 Å². The Kier molecular flexibility index (Phi) is 7.45. The van der Waals surface area contributed by atoms with Gasteiger partial charge in [-0.15, -0.1) is 11.8 Å². The number of nitrogens with zero attached hydrogens (tertiary/aromatic N) is 1. The van der Waals surface area contributed by atoms with E-state index in [1.54, 1.807) is 11.8 Å². The van der Waals surface area contributed by atoms with Gasteiger partial charge in [0.2, 0.25) is 10.0 Å². The Bertz CT molecular complexity index is 1100. The monoisotopic (exact) mass is 495 g/mol. The number of esters is 1. The third kappa shape index (κ3) is 5.06. The second-order valence-electron chi connectivity index (χ2n) is 8.52. The summed E-state index contributed by atoms with van der Waals surface area (Å²) >= 11 is 1.76. The molecule has 1 heterocycles. The van der Waals surface area contributed by atoms with Crippen LogP contribution in [0.15, 0.2) is 91.0 Å². The van der Waals surface area contributed by atoms with Crippen LogP contribution in [0.25, 0.3) is 0 Å². The molecule has 0 spiro atoms. The van der Waals surface area contributed by atoms with E-state index in [1.807, 2.05) is 54.6 Å². The van der Waals surface area contributed by atoms with Crippen molar-refractivity contribution < 1.29 is 17.9 Å². The minimum Gasteiger partial charge on any atom is -0.469 e. The molecule has 7 heteroatoms. The number of thioether (sulfide) groups is 1. The van der Waals surface area contributed by atoms with Crippen LogP contribution in [0.2, 0.25) is 0 Å². The molecule has 2 atom stereocenters. The van der Waals surface area contributed by atoms with E-state index in [0.717, 1.165) is 16.7 Å². The van der Waals surface area contributed by atoms with Crippen LogP contribution >= 0.6 is 11.8 Å². The van der Waals surface area contributed by atoms with Gasteiger partial charge in [-0.05, 0) is 23.1 Å². The molecule has 0 aromatic heterocycles. The Balaban J connectivity index is 1.81. The molecule has 178 valence electrons. The molecular weight excluding hydrogens is 466 g/mol. The molecule has 0 saturated carbocycles. The van der Waals surface area contributed by atoms with Gasteiger partial charge >= 0.3 is 5.97 Å². The van der Waals surface area contributed by atoms with Crippen molar-refractivity contribution in [3.05, 3.63) is 108 Å². The summed E-state index contributed by atoms with van der Waals surface area (Å²) in [5, 5.41) is -0.0231. The Morgan fingerprint density at radius 1 is 0.912 bits per heavy atom. The van der Waals surface area contributed by atoms with Crippen molar-refractivity contribution in [1.82, 2.24) is 4.31 Å². The second-order valence-corrected chi connectivity index (χ2v) is 12.0. The van der Waals surface area contributed by atoms with E-state index in [-0.39, 0.29) is 11.7 Å². The molecule has 34 heavy (non-hydrogen) atoms. The fourth-order valence-corrected chi connectivity index (χ4v) is 7.89. The highest BCUT2D eigenvalue weighted by Gasteiger charge is 2.45. The van der Waals surface area contributed by atoms with Crippen LogP contribution in [0.4, 0.5) is 0 Å². The highest BCUT2D eigenvalue weighted by molar-refractivity contribution is 8.01. The maximum atomic E-state index is 12.6. The van der Waals surface area contributed by atoms with Crippen molar-refractivity contribution in [2.24, 2.45) is 0 Å². The van der Waals surface area contributed by atoms with Gasteiger partial charge < -0.3 is 4.74 Å². The number of carbonyl (C=O) groups is 1. The molecule has 1 aliphatic rings. The van der Waals surface area contributed by atoms with Crippen LogP contribution in [0, 0.1) is 0 Å². The lowest BCUT2D eigenvalue weighted by Gasteiger charge is -2.37. The Morgan fingerprint density at radius 3 is 1.74 bits per heavy atom. The van der Waals surface area contributed by atoms with Gasteiger partial charge in [0.25, 0.3) is 0 Å². The van der Waals surface area contributed by atoms with Crippen LogP contribution in [0.5, 0.6) is 0 Å². The molecular formula is C27H29NO4S2. The van der Waals surface area contributed by atoms with Gasteiger partial charge in [-0.25, -0.2) is 8.42 Å². The van der Waals surface area contributed by atoms with Crippen molar-refractivity contribution in [2.45, 2.75) is 28.9 Å². The zero-order valence-corrected chi connectivity index (χ0v) is 21.0. The van der Waals surface area contributed by atoms with Crippen molar-refractivity contribution in [3.63, 3.8) is 0 Å². The normalized spacial score (nSPS) is 19.1. The maximum Gasteiger partial charge on any atom is 0.307 e. The number of carbonyl (C=O) groups excluding carboxylic acids is 1. The van der Waals surface area contributed by atoms with E-state index in [9.17, 15) is 13.2 Å². The average molecular weight is 496 g/mol. The van der Waals surface area contributed by atoms with Crippen LogP contribution in [-0.4, -0.2) is 49.9 Å². The SMILES string of the molecule is COC(=O)C[C@@H]1C[C@@H](SC(c2ccccc2)(c2ccccc2)c2ccccc2)CN1S(C)(=O)=O. The summed E-state index contributed by atoms with van der Waals surface area (Å²) in [5.74, 6) is -0.398. The van der Waals surface area contributed by atoms with Crippen molar-refractivity contribution >= 4 is 27.8 Å². The minimum absolute atomic E-state index is 0.0231. The summed E-state index contributed by atoms with van der Waals surface area (Å²) in [4.78, 5) is 12.0. The number of hydrogen-bond acceptors (Lipinski definition) is 5. The first-order valence-electron chi connectivity index (χ1n) is 11.2. The van der Waals surface area contributed by atoms with E-state index >= 15 is 0 Å². The highest BCUT2D eigenvalue weighted by Crippen LogP contribution is 2.52. The Morgan fingerprint density at radius 2 is 1.35 bits per heavy atom. The van der Waals surface area contributed by atoms with Gasteiger partial charge in [-0.3, -0.25) is 4.79 Å². The molecule has 3 aromatic carbocycles. The van der Waals surface area contributed by atoms with Crippen molar-refractivity contribution in [1.29, 1.82) is 0 Å². The van der Waals surface area contributed by atoms with E-state index < -0.39 is 26.8 Å². The highest BCUT2D eigenvalue weighted by atomic mass is 32.2. The van der Waals surface area contributed by atoms with Gasteiger partial charge in [0.05, 0.1) is 24.5 Å². The summed E-state index contributed by atoms with van der Waals surface area (Å²) in [6.07, 6.45) is 1.83. The lowest BCUT2D eigenvalue weighted by atomic mass is 9.84. The van der Waals surface area contributed by atoms with Crippen LogP contribution in [0.1, 0.15) is 29.5 Å². The predicted molar refractivity (Wildman–Crippen MR) is 137 cm³/mol. The van der Waals surface area contributed by atoms with Crippen molar-refractivity contribution in [3.8, 4) is 0 Å². The number of methoxy groups -OCH3 is 1. The van der Waals surface area contributed by atoms with E-state index in [1.165, 1.54) is 17.7 Å². The maximum absolute atomic E-state index is 12.6. The molecule has 5 nitrogen and oxygen atoms in total. The molecule has 0 N–H and O–H groups in total. The summed E-state index contributed by atoms with van der Waals surface area (Å²) in [6, 6.07) is 30.6. The predicted octanol–water partition coefficient (Wildman–Crippen LogP) is 4.68. The van der Waals surface area contributed by atoms with E-state index in [2.05, 4.69) is 36.4 Å². The molecule has 0 unspecified atom stereocenters. The summed E-state index contributed by atoms with van der Waals surface area (Å²) in [7, 11) is -2.14. The molecule has 4 rings (SSSR count). The summed E-state index contributed by atoms with van der Waals surface area (Å²) in [6.45, 7) is 0.347. The van der Waals surface area contributed by atoms with Gasteiger partial charge in [0.15, 0.2) is 0 Å². The first-order valence-corrected chi connectivity index (χ1v) is 14.0. The molecule has 0 bridgehead atoms.